The summed E-state index contributed by atoms with van der Waals surface area (Å²) in [6.07, 6.45) is 3.33. The van der Waals surface area contributed by atoms with E-state index in [0.29, 0.717) is 12.8 Å². The van der Waals surface area contributed by atoms with Crippen LogP contribution in [0.5, 0.6) is 0 Å². The van der Waals surface area contributed by atoms with Gasteiger partial charge in [0.25, 0.3) is 4.87 Å². The van der Waals surface area contributed by atoms with Crippen molar-refractivity contribution in [3.63, 3.8) is 0 Å². The highest BCUT2D eigenvalue weighted by Gasteiger charge is 2.46. The van der Waals surface area contributed by atoms with E-state index in [1.165, 1.54) is 17.3 Å². The highest BCUT2D eigenvalue weighted by Crippen LogP contribution is 2.45. The molecule has 0 atom stereocenters. The Balaban J connectivity index is 2.18. The Morgan fingerprint density at radius 3 is 2.31 bits per heavy atom. The Morgan fingerprint density at radius 2 is 1.81 bits per heavy atom. The monoisotopic (exact) mass is 237 g/mol. The smallest absolute Gasteiger partial charge is 0.263 e. The van der Waals surface area contributed by atoms with Crippen LogP contribution in [0.15, 0.2) is 29.2 Å². The van der Waals surface area contributed by atoms with E-state index >= 15 is 0 Å². The minimum absolute atomic E-state index is 0.0927. The lowest BCUT2D eigenvalue weighted by atomic mass is 10.2. The van der Waals surface area contributed by atoms with Gasteiger partial charge in [0.1, 0.15) is 0 Å². The van der Waals surface area contributed by atoms with Gasteiger partial charge < -0.3 is 0 Å². The van der Waals surface area contributed by atoms with E-state index in [1.807, 2.05) is 31.2 Å². The van der Waals surface area contributed by atoms with Gasteiger partial charge in [0.2, 0.25) is 0 Å². The van der Waals surface area contributed by atoms with Gasteiger partial charge >= 0.3 is 0 Å². The number of aryl methyl sites for hydroxylation is 1. The van der Waals surface area contributed by atoms with Crippen molar-refractivity contribution in [2.75, 3.05) is 0 Å². The second-order valence-electron chi connectivity index (χ2n) is 4.33. The highest BCUT2D eigenvalue weighted by atomic mass is 32.2. The third-order valence-corrected chi connectivity index (χ3v) is 4.49. The third-order valence-electron chi connectivity index (χ3n) is 3.05. The molecular formula is C12H15NO2S. The molecule has 16 heavy (non-hydrogen) atoms. The zero-order valence-corrected chi connectivity index (χ0v) is 10.1. The van der Waals surface area contributed by atoms with Crippen LogP contribution in [-0.2, 0) is 0 Å². The maximum Gasteiger partial charge on any atom is 0.271 e. The van der Waals surface area contributed by atoms with Crippen LogP contribution in [0.25, 0.3) is 0 Å². The molecule has 0 heterocycles. The van der Waals surface area contributed by atoms with Crippen LogP contribution in [0, 0.1) is 17.0 Å². The van der Waals surface area contributed by atoms with Gasteiger partial charge in [-0.2, -0.15) is 0 Å². The van der Waals surface area contributed by atoms with Gasteiger partial charge in [0, 0.05) is 22.7 Å². The lowest BCUT2D eigenvalue weighted by Crippen LogP contribution is -2.30. The molecule has 0 N–H and O–H groups in total. The Morgan fingerprint density at radius 1 is 1.25 bits per heavy atom. The van der Waals surface area contributed by atoms with E-state index in [-0.39, 0.29) is 4.92 Å². The van der Waals surface area contributed by atoms with Crippen molar-refractivity contribution in [2.24, 2.45) is 0 Å². The summed E-state index contributed by atoms with van der Waals surface area (Å²) in [6, 6.07) is 7.96. The second-order valence-corrected chi connectivity index (χ2v) is 5.76. The number of rotatable bonds is 3. The lowest BCUT2D eigenvalue weighted by molar-refractivity contribution is -0.536. The molecule has 4 heteroatoms. The molecule has 0 radical (unpaired) electrons. The van der Waals surface area contributed by atoms with E-state index in [4.69, 9.17) is 0 Å². The number of nitro groups is 1. The minimum Gasteiger partial charge on any atom is -0.263 e. The summed E-state index contributed by atoms with van der Waals surface area (Å²) in [6.45, 7) is 2.02. The fraction of sp³-hybridized carbons (Fsp3) is 0.500. The molecule has 0 aromatic heterocycles. The molecule has 0 saturated heterocycles. The summed E-state index contributed by atoms with van der Waals surface area (Å²) >= 11 is 1.42. The fourth-order valence-corrected chi connectivity index (χ4v) is 3.35. The van der Waals surface area contributed by atoms with E-state index in [1.54, 1.807) is 0 Å². The normalized spacial score (nSPS) is 18.6. The van der Waals surface area contributed by atoms with Gasteiger partial charge in [-0.3, -0.25) is 10.1 Å². The van der Waals surface area contributed by atoms with E-state index in [9.17, 15) is 10.1 Å². The number of benzene rings is 1. The fourth-order valence-electron chi connectivity index (χ4n) is 2.08. The molecule has 1 aliphatic rings. The number of thioether (sulfide) groups is 1. The third kappa shape index (κ3) is 2.21. The molecule has 0 spiro atoms. The maximum atomic E-state index is 11.2. The van der Waals surface area contributed by atoms with Crippen LogP contribution in [0.1, 0.15) is 31.2 Å². The molecule has 1 fully saturated rings. The first kappa shape index (κ1) is 11.5. The summed E-state index contributed by atoms with van der Waals surface area (Å²) in [5.41, 5.74) is 1.19. The molecule has 1 saturated carbocycles. The predicted octanol–water partition coefficient (Wildman–Crippen LogP) is 3.63. The molecule has 3 nitrogen and oxygen atoms in total. The first-order valence-corrected chi connectivity index (χ1v) is 6.34. The first-order chi connectivity index (χ1) is 7.62. The van der Waals surface area contributed by atoms with Crippen LogP contribution in [0.3, 0.4) is 0 Å². The van der Waals surface area contributed by atoms with Crippen molar-refractivity contribution in [3.05, 3.63) is 39.9 Å². The Labute approximate surface area is 99.4 Å². The summed E-state index contributed by atoms with van der Waals surface area (Å²) in [7, 11) is 0. The quantitative estimate of drug-likeness (QED) is 0.458. The Bertz CT molecular complexity index is 383. The molecule has 2 rings (SSSR count). The standard InChI is InChI=1S/C12H15NO2S/c1-10-4-6-11(7-5-10)16-12(13(14)15)8-2-3-9-12/h4-7H,2-3,8-9H2,1H3. The molecule has 0 unspecified atom stereocenters. The second kappa shape index (κ2) is 4.45. The minimum atomic E-state index is -0.769. The average molecular weight is 237 g/mol. The van der Waals surface area contributed by atoms with Gasteiger partial charge in [-0.05, 0) is 43.7 Å². The van der Waals surface area contributed by atoms with Gasteiger partial charge in [0.15, 0.2) is 0 Å². The van der Waals surface area contributed by atoms with Gasteiger partial charge in [-0.15, -0.1) is 0 Å². The Hall–Kier alpha value is -1.03. The average Bonchev–Trinajstić information content (AvgIpc) is 2.71. The molecular weight excluding hydrogens is 222 g/mol. The summed E-state index contributed by atoms with van der Waals surface area (Å²) < 4.78 is 0. The molecule has 1 aliphatic carbocycles. The molecule has 1 aromatic carbocycles. The largest absolute Gasteiger partial charge is 0.271 e. The van der Waals surface area contributed by atoms with Crippen LogP contribution in [-0.4, -0.2) is 9.79 Å². The summed E-state index contributed by atoms with van der Waals surface area (Å²) in [4.78, 5) is 11.3. The van der Waals surface area contributed by atoms with Crippen LogP contribution in [0.4, 0.5) is 0 Å². The zero-order valence-electron chi connectivity index (χ0n) is 9.31. The van der Waals surface area contributed by atoms with Crippen molar-refractivity contribution >= 4 is 11.8 Å². The van der Waals surface area contributed by atoms with Crippen molar-refractivity contribution in [2.45, 2.75) is 42.4 Å². The van der Waals surface area contributed by atoms with Crippen molar-refractivity contribution in [1.82, 2.24) is 0 Å². The maximum absolute atomic E-state index is 11.2. The molecule has 0 aliphatic heterocycles. The zero-order chi connectivity index (χ0) is 11.6. The van der Waals surface area contributed by atoms with E-state index < -0.39 is 4.87 Å². The summed E-state index contributed by atoms with van der Waals surface area (Å²) in [5.74, 6) is 0. The van der Waals surface area contributed by atoms with Crippen molar-refractivity contribution < 1.29 is 4.92 Å². The molecule has 0 amide bonds. The van der Waals surface area contributed by atoms with Gasteiger partial charge in [-0.1, -0.05) is 17.7 Å². The first-order valence-electron chi connectivity index (χ1n) is 5.53. The molecule has 86 valence electrons. The number of nitrogens with zero attached hydrogens (tertiary/aromatic N) is 1. The predicted molar refractivity (Wildman–Crippen MR) is 65.2 cm³/mol. The lowest BCUT2D eigenvalue weighted by Gasteiger charge is -2.18. The van der Waals surface area contributed by atoms with Gasteiger partial charge in [-0.25, -0.2) is 0 Å². The number of hydrogen-bond acceptors (Lipinski definition) is 3. The SMILES string of the molecule is Cc1ccc(SC2([N+](=O)[O-])CCCC2)cc1. The molecule has 1 aromatic rings. The molecule has 0 bridgehead atoms. The van der Waals surface area contributed by atoms with E-state index in [0.717, 1.165) is 17.7 Å². The van der Waals surface area contributed by atoms with Crippen LogP contribution in [0.2, 0.25) is 0 Å². The van der Waals surface area contributed by atoms with Gasteiger partial charge in [0.05, 0.1) is 0 Å². The van der Waals surface area contributed by atoms with Crippen LogP contribution < -0.4 is 0 Å². The van der Waals surface area contributed by atoms with E-state index in [2.05, 4.69) is 0 Å². The topological polar surface area (TPSA) is 43.1 Å². The number of hydrogen-bond donors (Lipinski definition) is 0. The Kier molecular flexibility index (Phi) is 3.19. The van der Waals surface area contributed by atoms with Crippen molar-refractivity contribution in [3.8, 4) is 0 Å². The summed E-state index contributed by atoms with van der Waals surface area (Å²) in [5, 5.41) is 11.2. The van der Waals surface area contributed by atoms with Crippen LogP contribution >= 0.6 is 11.8 Å². The van der Waals surface area contributed by atoms with Crippen molar-refractivity contribution in [1.29, 1.82) is 0 Å². The highest BCUT2D eigenvalue weighted by molar-refractivity contribution is 8.00.